The lowest BCUT2D eigenvalue weighted by atomic mass is 10.1. The molecule has 4 rings (SSSR count). The maximum absolute atomic E-state index is 4.41. The summed E-state index contributed by atoms with van der Waals surface area (Å²) in [5, 5.41) is 8.77. The van der Waals surface area contributed by atoms with Gasteiger partial charge in [-0.3, -0.25) is 0 Å². The van der Waals surface area contributed by atoms with Crippen molar-refractivity contribution in [3.8, 4) is 23.1 Å². The first-order valence-electron chi connectivity index (χ1n) is 8.50. The molecule has 3 nitrogen and oxygen atoms in total. The lowest BCUT2D eigenvalue weighted by Gasteiger charge is -2.03. The van der Waals surface area contributed by atoms with Gasteiger partial charge >= 0.3 is 0 Å². The number of nitrogens with zero attached hydrogens (tertiary/aromatic N) is 3. The van der Waals surface area contributed by atoms with Crippen LogP contribution < -0.4 is 0 Å². The highest BCUT2D eigenvalue weighted by atomic mass is 15.4. The van der Waals surface area contributed by atoms with Crippen molar-refractivity contribution in [3.05, 3.63) is 108 Å². The van der Waals surface area contributed by atoms with Gasteiger partial charge in [-0.25, -0.2) is 4.68 Å². The molecule has 4 aromatic rings. The summed E-state index contributed by atoms with van der Waals surface area (Å²) in [4.78, 5) is 0. The summed E-state index contributed by atoms with van der Waals surface area (Å²) in [6.07, 6.45) is 0. The molecule has 0 fully saturated rings. The topological polar surface area (TPSA) is 30.7 Å². The van der Waals surface area contributed by atoms with Gasteiger partial charge in [-0.2, -0.15) is 0 Å². The van der Waals surface area contributed by atoms with E-state index in [1.165, 1.54) is 5.56 Å². The second kappa shape index (κ2) is 7.50. The van der Waals surface area contributed by atoms with Crippen molar-refractivity contribution in [2.75, 3.05) is 0 Å². The molecule has 0 atom stereocenters. The van der Waals surface area contributed by atoms with Crippen LogP contribution in [0.2, 0.25) is 0 Å². The Morgan fingerprint density at radius 3 is 2.00 bits per heavy atom. The zero-order valence-electron chi connectivity index (χ0n) is 14.2. The predicted molar refractivity (Wildman–Crippen MR) is 103 cm³/mol. The van der Waals surface area contributed by atoms with Crippen molar-refractivity contribution in [1.82, 2.24) is 15.0 Å². The Bertz CT molecular complexity index is 1040. The summed E-state index contributed by atoms with van der Waals surface area (Å²) in [6, 6.07) is 30.3. The smallest absolute Gasteiger partial charge is 0.140 e. The minimum absolute atomic E-state index is 0.638. The van der Waals surface area contributed by atoms with Gasteiger partial charge in [-0.05, 0) is 23.6 Å². The molecule has 0 aliphatic rings. The lowest BCUT2D eigenvalue weighted by Crippen LogP contribution is -2.04. The first-order chi connectivity index (χ1) is 12.9. The van der Waals surface area contributed by atoms with E-state index in [1.54, 1.807) is 0 Å². The number of benzene rings is 3. The molecule has 0 aliphatic heterocycles. The fourth-order valence-corrected chi connectivity index (χ4v) is 2.75. The van der Waals surface area contributed by atoms with Crippen LogP contribution in [0.5, 0.6) is 0 Å². The number of hydrogen-bond acceptors (Lipinski definition) is 2. The molecule has 0 amide bonds. The van der Waals surface area contributed by atoms with Crippen LogP contribution in [-0.4, -0.2) is 15.0 Å². The summed E-state index contributed by atoms with van der Waals surface area (Å²) >= 11 is 0. The fraction of sp³-hybridized carbons (Fsp3) is 0.0435. The average Bonchev–Trinajstić information content (AvgIpc) is 3.11. The Kier molecular flexibility index (Phi) is 4.58. The summed E-state index contributed by atoms with van der Waals surface area (Å²) in [5.41, 5.74) is 4.79. The minimum atomic E-state index is 0.638. The second-order valence-electron chi connectivity index (χ2n) is 5.91. The maximum atomic E-state index is 4.41. The molecule has 26 heavy (non-hydrogen) atoms. The van der Waals surface area contributed by atoms with Gasteiger partial charge in [0.2, 0.25) is 0 Å². The lowest BCUT2D eigenvalue weighted by molar-refractivity contribution is 0.643. The third kappa shape index (κ3) is 3.55. The molecule has 0 saturated heterocycles. The molecule has 0 aliphatic carbocycles. The molecular weight excluding hydrogens is 318 g/mol. The van der Waals surface area contributed by atoms with Gasteiger partial charge in [0, 0.05) is 11.1 Å². The van der Waals surface area contributed by atoms with Crippen LogP contribution in [0.3, 0.4) is 0 Å². The van der Waals surface area contributed by atoms with Gasteiger partial charge in [0.25, 0.3) is 0 Å². The monoisotopic (exact) mass is 335 g/mol. The standard InChI is InChI=1S/C23H17N3/c1-4-10-19(11-5-1)16-17-22-23(21-14-8-3-9-15-21)24-25-26(22)18-20-12-6-2-7-13-20/h1-15H,18H2. The van der Waals surface area contributed by atoms with Crippen molar-refractivity contribution in [3.63, 3.8) is 0 Å². The third-order valence-corrected chi connectivity index (χ3v) is 4.06. The summed E-state index contributed by atoms with van der Waals surface area (Å²) in [6.45, 7) is 0.638. The second-order valence-corrected chi connectivity index (χ2v) is 5.91. The first kappa shape index (κ1) is 15.9. The van der Waals surface area contributed by atoms with E-state index < -0.39 is 0 Å². The van der Waals surface area contributed by atoms with Crippen LogP contribution in [0.4, 0.5) is 0 Å². The van der Waals surface area contributed by atoms with E-state index >= 15 is 0 Å². The van der Waals surface area contributed by atoms with Crippen LogP contribution >= 0.6 is 0 Å². The van der Waals surface area contributed by atoms with Gasteiger partial charge in [0.1, 0.15) is 11.4 Å². The maximum Gasteiger partial charge on any atom is 0.140 e. The molecule has 0 spiro atoms. The Morgan fingerprint density at radius 1 is 0.692 bits per heavy atom. The van der Waals surface area contributed by atoms with Crippen LogP contribution in [0.25, 0.3) is 11.3 Å². The molecule has 0 radical (unpaired) electrons. The molecular formula is C23H17N3. The average molecular weight is 335 g/mol. The molecule has 0 N–H and O–H groups in total. The minimum Gasteiger partial charge on any atom is -0.232 e. The van der Waals surface area contributed by atoms with E-state index in [9.17, 15) is 0 Å². The largest absolute Gasteiger partial charge is 0.232 e. The van der Waals surface area contributed by atoms with E-state index in [-0.39, 0.29) is 0 Å². The summed E-state index contributed by atoms with van der Waals surface area (Å²) in [5.74, 6) is 6.52. The van der Waals surface area contributed by atoms with Gasteiger partial charge in [0.15, 0.2) is 0 Å². The van der Waals surface area contributed by atoms with Crippen LogP contribution in [0.15, 0.2) is 91.0 Å². The highest BCUT2D eigenvalue weighted by Gasteiger charge is 2.13. The quantitative estimate of drug-likeness (QED) is 0.520. The normalized spacial score (nSPS) is 10.2. The van der Waals surface area contributed by atoms with E-state index in [2.05, 4.69) is 34.3 Å². The van der Waals surface area contributed by atoms with Crippen LogP contribution in [0, 0.1) is 11.8 Å². The Labute approximate surface area is 152 Å². The number of hydrogen-bond donors (Lipinski definition) is 0. The Balaban J connectivity index is 1.77. The van der Waals surface area contributed by atoms with E-state index in [1.807, 2.05) is 83.5 Å². The molecule has 1 aromatic heterocycles. The number of rotatable bonds is 3. The van der Waals surface area contributed by atoms with Crippen molar-refractivity contribution in [2.45, 2.75) is 6.54 Å². The van der Waals surface area contributed by atoms with Crippen LogP contribution in [0.1, 0.15) is 16.8 Å². The first-order valence-corrected chi connectivity index (χ1v) is 8.50. The van der Waals surface area contributed by atoms with E-state index in [0.29, 0.717) is 6.54 Å². The molecule has 0 saturated carbocycles. The highest BCUT2D eigenvalue weighted by Crippen LogP contribution is 2.21. The highest BCUT2D eigenvalue weighted by molar-refractivity contribution is 5.65. The van der Waals surface area contributed by atoms with Crippen molar-refractivity contribution in [1.29, 1.82) is 0 Å². The Morgan fingerprint density at radius 2 is 1.31 bits per heavy atom. The molecule has 3 heteroatoms. The zero-order valence-corrected chi connectivity index (χ0v) is 14.2. The van der Waals surface area contributed by atoms with Gasteiger partial charge in [-0.15, -0.1) is 5.10 Å². The van der Waals surface area contributed by atoms with Crippen molar-refractivity contribution >= 4 is 0 Å². The van der Waals surface area contributed by atoms with Crippen molar-refractivity contribution < 1.29 is 0 Å². The zero-order chi connectivity index (χ0) is 17.6. The molecule has 124 valence electrons. The van der Waals surface area contributed by atoms with Crippen molar-refractivity contribution in [2.24, 2.45) is 0 Å². The summed E-state index contributed by atoms with van der Waals surface area (Å²) in [7, 11) is 0. The number of aromatic nitrogens is 3. The summed E-state index contributed by atoms with van der Waals surface area (Å²) < 4.78 is 1.87. The molecule has 3 aromatic carbocycles. The van der Waals surface area contributed by atoms with Gasteiger partial charge in [0.05, 0.1) is 6.54 Å². The molecule has 0 unspecified atom stereocenters. The molecule has 0 bridgehead atoms. The van der Waals surface area contributed by atoms with Crippen LogP contribution in [-0.2, 0) is 6.54 Å². The van der Waals surface area contributed by atoms with Gasteiger partial charge < -0.3 is 0 Å². The molecule has 1 heterocycles. The third-order valence-electron chi connectivity index (χ3n) is 4.06. The Hall–Kier alpha value is -3.64. The SMILES string of the molecule is C(#Cc1c(-c2ccccc2)nnn1Cc1ccccc1)c1ccccc1. The fourth-order valence-electron chi connectivity index (χ4n) is 2.75. The van der Waals surface area contributed by atoms with E-state index in [0.717, 1.165) is 22.5 Å². The predicted octanol–water partition coefficient (Wildman–Crippen LogP) is 4.39. The van der Waals surface area contributed by atoms with Gasteiger partial charge in [-0.1, -0.05) is 90.0 Å². The van der Waals surface area contributed by atoms with E-state index in [4.69, 9.17) is 0 Å².